The first-order chi connectivity index (χ1) is 15.4. The van der Waals surface area contributed by atoms with Gasteiger partial charge in [0, 0.05) is 54.5 Å². The molecular weight excluding hydrogens is 407 g/mol. The lowest BCUT2D eigenvalue weighted by Crippen LogP contribution is -2.46. The summed E-state index contributed by atoms with van der Waals surface area (Å²) in [4.78, 5) is 13.7. The Labute approximate surface area is 185 Å². The van der Waals surface area contributed by atoms with Crippen molar-refractivity contribution in [2.24, 2.45) is 0 Å². The van der Waals surface area contributed by atoms with Crippen LogP contribution in [0.4, 0.5) is 10.3 Å². The minimum absolute atomic E-state index is 0.129. The highest BCUT2D eigenvalue weighted by Gasteiger charge is 2.42. The average molecular weight is 435 g/mol. The molecule has 0 amide bonds. The van der Waals surface area contributed by atoms with Crippen LogP contribution in [0.15, 0.2) is 30.7 Å². The van der Waals surface area contributed by atoms with Gasteiger partial charge in [-0.05, 0) is 45.9 Å². The van der Waals surface area contributed by atoms with Crippen LogP contribution >= 0.6 is 0 Å². The van der Waals surface area contributed by atoms with Crippen LogP contribution in [0.5, 0.6) is 0 Å². The molecule has 0 spiro atoms. The number of hydrogen-bond donors (Lipinski definition) is 2. The third-order valence-corrected chi connectivity index (χ3v) is 7.02. The topological polar surface area (TPSA) is 85.0 Å². The van der Waals surface area contributed by atoms with Crippen molar-refractivity contribution in [1.29, 1.82) is 0 Å². The molecule has 166 valence electrons. The molecular formula is C23H27FN8. The Morgan fingerprint density at radius 2 is 1.94 bits per heavy atom. The molecule has 4 heterocycles. The Kier molecular flexibility index (Phi) is 4.27. The molecule has 2 fully saturated rings. The van der Waals surface area contributed by atoms with Gasteiger partial charge in [0.05, 0.1) is 17.2 Å². The summed E-state index contributed by atoms with van der Waals surface area (Å²) in [5.74, 6) is 1.52. The molecule has 2 saturated carbocycles. The molecule has 4 aromatic heterocycles. The number of nitrogens with zero attached hydrogens (tertiary/aromatic N) is 6. The number of fused-ring (bicyclic) bond motifs is 2. The van der Waals surface area contributed by atoms with Gasteiger partial charge in [-0.3, -0.25) is 0 Å². The number of pyridine rings is 1. The van der Waals surface area contributed by atoms with Crippen molar-refractivity contribution < 1.29 is 4.39 Å². The van der Waals surface area contributed by atoms with Gasteiger partial charge in [-0.1, -0.05) is 0 Å². The van der Waals surface area contributed by atoms with Crippen LogP contribution < -0.4 is 10.6 Å². The summed E-state index contributed by atoms with van der Waals surface area (Å²) < 4.78 is 18.1. The number of imidazole rings is 1. The average Bonchev–Trinajstić information content (AvgIpc) is 3.27. The van der Waals surface area contributed by atoms with E-state index in [0.717, 1.165) is 40.8 Å². The summed E-state index contributed by atoms with van der Waals surface area (Å²) in [6.07, 6.45) is 8.82. The SMILES string of the molecule is CN[C@H]1C[C@H](Nc2ncc3c(-c4cnc5nc(C)n(C6CC(C)(F)C6)c5c4)ccn3n2)C1. The molecule has 2 N–H and O–H groups in total. The van der Waals surface area contributed by atoms with E-state index in [9.17, 15) is 4.39 Å². The predicted octanol–water partition coefficient (Wildman–Crippen LogP) is 3.67. The molecule has 0 atom stereocenters. The Bertz CT molecular complexity index is 1310. The molecule has 2 aliphatic carbocycles. The molecule has 6 rings (SSSR count). The number of hydrogen-bond acceptors (Lipinski definition) is 6. The molecule has 2 aliphatic rings. The number of aromatic nitrogens is 6. The van der Waals surface area contributed by atoms with Crippen molar-refractivity contribution in [3.63, 3.8) is 0 Å². The highest BCUT2D eigenvalue weighted by Crippen LogP contribution is 2.45. The Hall–Kier alpha value is -3.07. The van der Waals surface area contributed by atoms with E-state index >= 15 is 0 Å². The van der Waals surface area contributed by atoms with E-state index in [0.29, 0.717) is 36.5 Å². The zero-order valence-corrected chi connectivity index (χ0v) is 18.5. The largest absolute Gasteiger partial charge is 0.350 e. The van der Waals surface area contributed by atoms with Crippen molar-refractivity contribution >= 4 is 22.6 Å². The maximum atomic E-state index is 14.2. The predicted molar refractivity (Wildman–Crippen MR) is 122 cm³/mol. The van der Waals surface area contributed by atoms with Crippen LogP contribution in [-0.2, 0) is 0 Å². The molecule has 4 aromatic rings. The Balaban J connectivity index is 1.32. The number of rotatable bonds is 5. The van der Waals surface area contributed by atoms with Crippen molar-refractivity contribution in [3.8, 4) is 11.1 Å². The quantitative estimate of drug-likeness (QED) is 0.499. The van der Waals surface area contributed by atoms with E-state index in [1.165, 1.54) is 0 Å². The minimum atomic E-state index is -1.09. The van der Waals surface area contributed by atoms with Crippen LogP contribution in [0.1, 0.15) is 44.5 Å². The highest BCUT2D eigenvalue weighted by molar-refractivity contribution is 5.85. The van der Waals surface area contributed by atoms with Crippen LogP contribution in [0, 0.1) is 6.92 Å². The lowest BCUT2D eigenvalue weighted by Gasteiger charge is -2.40. The van der Waals surface area contributed by atoms with Crippen molar-refractivity contribution in [2.75, 3.05) is 12.4 Å². The summed E-state index contributed by atoms with van der Waals surface area (Å²) in [7, 11) is 2.00. The summed E-state index contributed by atoms with van der Waals surface area (Å²) in [6.45, 7) is 3.63. The van der Waals surface area contributed by atoms with E-state index in [2.05, 4.69) is 41.3 Å². The van der Waals surface area contributed by atoms with E-state index in [1.54, 1.807) is 6.92 Å². The zero-order chi connectivity index (χ0) is 22.0. The first-order valence-corrected chi connectivity index (χ1v) is 11.2. The minimum Gasteiger partial charge on any atom is -0.350 e. The fraction of sp³-hybridized carbons (Fsp3) is 0.478. The van der Waals surface area contributed by atoms with Crippen LogP contribution in [0.3, 0.4) is 0 Å². The maximum absolute atomic E-state index is 14.2. The molecule has 32 heavy (non-hydrogen) atoms. The standard InChI is InChI=1S/C23H27FN8/c1-13-28-21-19(32(13)17-9-23(2,24)10-17)6-14(11-26-21)18-4-5-31-20(18)12-27-22(30-31)29-16-7-15(8-16)25-3/h4-6,11-12,15-17,25H,7-10H2,1-3H3,(H,29,30)/t15-,16-,17?,23?. The summed E-state index contributed by atoms with van der Waals surface area (Å²) in [5, 5.41) is 11.3. The Morgan fingerprint density at radius 3 is 2.69 bits per heavy atom. The fourth-order valence-electron chi connectivity index (χ4n) is 5.17. The van der Waals surface area contributed by atoms with Gasteiger partial charge < -0.3 is 15.2 Å². The highest BCUT2D eigenvalue weighted by atomic mass is 19.1. The first-order valence-electron chi connectivity index (χ1n) is 11.2. The molecule has 0 saturated heterocycles. The third kappa shape index (κ3) is 3.14. The van der Waals surface area contributed by atoms with Crippen LogP contribution in [-0.4, -0.2) is 53.9 Å². The van der Waals surface area contributed by atoms with Gasteiger partial charge in [0.15, 0.2) is 5.65 Å². The second kappa shape index (κ2) is 6.96. The third-order valence-electron chi connectivity index (χ3n) is 7.02. The smallest absolute Gasteiger partial charge is 0.241 e. The van der Waals surface area contributed by atoms with Gasteiger partial charge in [-0.15, -0.1) is 5.10 Å². The summed E-state index contributed by atoms with van der Waals surface area (Å²) in [5.41, 5.74) is 3.46. The van der Waals surface area contributed by atoms with Gasteiger partial charge in [0.2, 0.25) is 5.95 Å². The molecule has 0 radical (unpaired) electrons. The molecule has 0 aliphatic heterocycles. The van der Waals surface area contributed by atoms with Crippen molar-refractivity contribution in [2.45, 2.75) is 63.3 Å². The van der Waals surface area contributed by atoms with Gasteiger partial charge in [0.25, 0.3) is 0 Å². The number of halogens is 1. The van der Waals surface area contributed by atoms with Crippen LogP contribution in [0.25, 0.3) is 27.8 Å². The number of alkyl halides is 1. The molecule has 0 unspecified atom stereocenters. The summed E-state index contributed by atoms with van der Waals surface area (Å²) >= 11 is 0. The molecule has 0 bridgehead atoms. The Morgan fingerprint density at radius 1 is 1.12 bits per heavy atom. The first kappa shape index (κ1) is 19.6. The lowest BCUT2D eigenvalue weighted by molar-refractivity contribution is 0.0330. The molecule has 8 nitrogen and oxygen atoms in total. The van der Waals surface area contributed by atoms with Crippen molar-refractivity contribution in [3.05, 3.63) is 36.5 Å². The van der Waals surface area contributed by atoms with Gasteiger partial charge >= 0.3 is 0 Å². The van der Waals surface area contributed by atoms with E-state index < -0.39 is 5.67 Å². The van der Waals surface area contributed by atoms with Gasteiger partial charge in [0.1, 0.15) is 11.5 Å². The van der Waals surface area contributed by atoms with E-state index in [-0.39, 0.29) is 6.04 Å². The van der Waals surface area contributed by atoms with E-state index in [4.69, 9.17) is 0 Å². The van der Waals surface area contributed by atoms with E-state index in [1.807, 2.05) is 43.1 Å². The number of nitrogens with one attached hydrogen (secondary N) is 2. The number of anilines is 1. The number of aryl methyl sites for hydroxylation is 1. The molecule has 9 heteroatoms. The van der Waals surface area contributed by atoms with Gasteiger partial charge in [-0.25, -0.2) is 23.9 Å². The van der Waals surface area contributed by atoms with Crippen molar-refractivity contribution in [1.82, 2.24) is 34.4 Å². The van der Waals surface area contributed by atoms with Gasteiger partial charge in [-0.2, -0.15) is 0 Å². The molecule has 0 aromatic carbocycles. The second-order valence-corrected chi connectivity index (χ2v) is 9.51. The fourth-order valence-corrected chi connectivity index (χ4v) is 5.17. The van der Waals surface area contributed by atoms with Crippen LogP contribution in [0.2, 0.25) is 0 Å². The normalized spacial score (nSPS) is 27.4. The lowest BCUT2D eigenvalue weighted by atomic mass is 9.78. The summed E-state index contributed by atoms with van der Waals surface area (Å²) in [6, 6.07) is 5.25. The maximum Gasteiger partial charge on any atom is 0.241 e. The second-order valence-electron chi connectivity index (χ2n) is 9.51. The monoisotopic (exact) mass is 434 g/mol. The zero-order valence-electron chi connectivity index (χ0n) is 18.5.